The van der Waals surface area contributed by atoms with Gasteiger partial charge in [-0.15, -0.1) is 0 Å². The van der Waals surface area contributed by atoms with Crippen molar-refractivity contribution in [1.29, 1.82) is 0 Å². The van der Waals surface area contributed by atoms with E-state index in [-0.39, 0.29) is 17.0 Å². The van der Waals surface area contributed by atoms with Gasteiger partial charge >= 0.3 is 6.18 Å². The van der Waals surface area contributed by atoms with Gasteiger partial charge in [-0.05, 0) is 111 Å². The summed E-state index contributed by atoms with van der Waals surface area (Å²) in [7, 11) is 0. The van der Waals surface area contributed by atoms with Crippen molar-refractivity contribution in [1.82, 2.24) is 0 Å². The Morgan fingerprint density at radius 1 is 0.778 bits per heavy atom. The van der Waals surface area contributed by atoms with E-state index in [9.17, 15) is 13.2 Å². The van der Waals surface area contributed by atoms with Gasteiger partial charge in [0, 0.05) is 0 Å². The molecule has 3 aliphatic rings. The summed E-state index contributed by atoms with van der Waals surface area (Å²) in [5, 5.41) is 0. The van der Waals surface area contributed by atoms with Crippen LogP contribution in [0.3, 0.4) is 0 Å². The average Bonchev–Trinajstić information content (AvgIpc) is 2.88. The van der Waals surface area contributed by atoms with Gasteiger partial charge in [-0.3, -0.25) is 0 Å². The van der Waals surface area contributed by atoms with Gasteiger partial charge in [-0.25, -0.2) is 4.39 Å². The highest BCUT2D eigenvalue weighted by Gasteiger charge is 2.39. The number of benzene rings is 1. The highest BCUT2D eigenvalue weighted by molar-refractivity contribution is 5.57. The molecule has 1 aromatic carbocycles. The highest BCUT2D eigenvalue weighted by atomic mass is 19.4. The topological polar surface area (TPSA) is 0 Å². The zero-order valence-electron chi connectivity index (χ0n) is 22.4. The maximum absolute atomic E-state index is 15.5. The smallest absolute Gasteiger partial charge is 0.206 e. The Labute approximate surface area is 216 Å². The van der Waals surface area contributed by atoms with Crippen molar-refractivity contribution in [3.8, 4) is 0 Å². The minimum absolute atomic E-state index is 0.0131. The lowest BCUT2D eigenvalue weighted by Crippen LogP contribution is -2.25. The monoisotopic (exact) mass is 506 g/mol. The van der Waals surface area contributed by atoms with Gasteiger partial charge in [0.25, 0.3) is 0 Å². The van der Waals surface area contributed by atoms with Gasteiger partial charge < -0.3 is 0 Å². The molecule has 202 valence electrons. The number of halogens is 4. The number of rotatable bonds is 7. The zero-order chi connectivity index (χ0) is 25.7. The van der Waals surface area contributed by atoms with Crippen molar-refractivity contribution in [2.45, 2.75) is 122 Å². The van der Waals surface area contributed by atoms with E-state index in [1.807, 2.05) is 6.08 Å². The molecule has 3 aliphatic carbocycles. The number of hydrogen-bond donors (Lipinski definition) is 0. The highest BCUT2D eigenvalue weighted by Crippen LogP contribution is 2.46. The van der Waals surface area contributed by atoms with Crippen LogP contribution in [0.15, 0.2) is 18.2 Å². The summed E-state index contributed by atoms with van der Waals surface area (Å²) >= 11 is 0. The summed E-state index contributed by atoms with van der Waals surface area (Å²) in [6.07, 6.45) is 15.7. The molecule has 0 bridgehead atoms. The van der Waals surface area contributed by atoms with Crippen LogP contribution in [0.25, 0.3) is 6.08 Å². The Balaban J connectivity index is 1.42. The lowest BCUT2D eigenvalue weighted by Gasteiger charge is -2.38. The third-order valence-corrected chi connectivity index (χ3v) is 9.97. The molecule has 0 N–H and O–H groups in total. The molecule has 0 amide bonds. The van der Waals surface area contributed by atoms with Crippen molar-refractivity contribution < 1.29 is 17.6 Å². The summed E-state index contributed by atoms with van der Waals surface area (Å²) in [6.45, 7) is 4.48. The lowest BCUT2D eigenvalue weighted by atomic mass is 9.68. The fraction of sp³-hybridized carbons (Fsp3) is 0.750. The number of alkyl halides is 3. The number of allylic oxidation sites excluding steroid dienone is 1. The van der Waals surface area contributed by atoms with Gasteiger partial charge in [-0.1, -0.05) is 70.2 Å². The molecule has 4 heteroatoms. The molecule has 0 saturated heterocycles. The van der Waals surface area contributed by atoms with E-state index in [1.165, 1.54) is 51.0 Å². The van der Waals surface area contributed by atoms with Crippen LogP contribution in [0.4, 0.5) is 17.6 Å². The first-order valence-corrected chi connectivity index (χ1v) is 14.9. The molecular weight excluding hydrogens is 460 g/mol. The second-order valence-corrected chi connectivity index (χ2v) is 12.2. The molecular formula is C32H46F4. The molecule has 36 heavy (non-hydrogen) atoms. The minimum Gasteiger partial charge on any atom is -0.206 e. The van der Waals surface area contributed by atoms with Gasteiger partial charge in [0.15, 0.2) is 0 Å². The summed E-state index contributed by atoms with van der Waals surface area (Å²) in [4.78, 5) is 0. The molecule has 1 aromatic rings. The molecule has 0 heterocycles. The maximum Gasteiger partial charge on any atom is 0.419 e. The quantitative estimate of drug-likeness (QED) is 0.323. The summed E-state index contributed by atoms with van der Waals surface area (Å²) < 4.78 is 57.6. The first-order valence-electron chi connectivity index (χ1n) is 14.9. The predicted molar refractivity (Wildman–Crippen MR) is 141 cm³/mol. The number of hydrogen-bond acceptors (Lipinski definition) is 0. The minimum atomic E-state index is -4.69. The van der Waals surface area contributed by atoms with Gasteiger partial charge in [0.05, 0.1) is 5.56 Å². The van der Waals surface area contributed by atoms with E-state index < -0.39 is 17.6 Å². The van der Waals surface area contributed by atoms with Crippen molar-refractivity contribution >= 4 is 6.08 Å². The van der Waals surface area contributed by atoms with E-state index in [2.05, 4.69) is 13.8 Å². The summed E-state index contributed by atoms with van der Waals surface area (Å²) in [6, 6.07) is 3.18. The van der Waals surface area contributed by atoms with Crippen molar-refractivity contribution in [2.24, 2.45) is 29.6 Å². The first kappa shape index (κ1) is 27.7. The third-order valence-electron chi connectivity index (χ3n) is 9.97. The fourth-order valence-corrected chi connectivity index (χ4v) is 7.64. The third kappa shape index (κ3) is 6.76. The summed E-state index contributed by atoms with van der Waals surface area (Å²) in [5.41, 5.74) is -0.788. The fourth-order valence-electron chi connectivity index (χ4n) is 7.64. The van der Waals surface area contributed by atoms with Crippen LogP contribution < -0.4 is 0 Å². The van der Waals surface area contributed by atoms with Gasteiger partial charge in [0.2, 0.25) is 0 Å². The van der Waals surface area contributed by atoms with Crippen LogP contribution in [0.2, 0.25) is 0 Å². The maximum atomic E-state index is 15.5. The van der Waals surface area contributed by atoms with Crippen molar-refractivity contribution in [3.05, 3.63) is 40.7 Å². The van der Waals surface area contributed by atoms with Crippen molar-refractivity contribution in [3.63, 3.8) is 0 Å². The van der Waals surface area contributed by atoms with Crippen LogP contribution in [0.1, 0.15) is 133 Å². The van der Waals surface area contributed by atoms with Gasteiger partial charge in [-0.2, -0.15) is 13.2 Å². The molecule has 0 nitrogen and oxygen atoms in total. The van der Waals surface area contributed by atoms with Crippen LogP contribution >= 0.6 is 0 Å². The standard InChI is InChI=1S/C32H46F4/c1-3-5-23-6-8-24(9-7-23)12-15-28-20-21-29(31(33)30(28)32(34,35)36)27-18-16-26(17-19-27)25-13-10-22(4-2)11-14-25/h12,15,20-27H,3-11,13-14,16-19H2,1-2H3. The van der Waals surface area contributed by atoms with Crippen LogP contribution in [0, 0.1) is 35.4 Å². The molecule has 3 saturated carbocycles. The molecule has 0 aromatic heterocycles. The largest absolute Gasteiger partial charge is 0.419 e. The van der Waals surface area contributed by atoms with E-state index in [4.69, 9.17) is 0 Å². The molecule has 0 unspecified atom stereocenters. The Bertz CT molecular complexity index is 846. The lowest BCUT2D eigenvalue weighted by molar-refractivity contribution is -0.140. The Kier molecular flexibility index (Phi) is 9.61. The Morgan fingerprint density at radius 2 is 1.36 bits per heavy atom. The van der Waals surface area contributed by atoms with Crippen LogP contribution in [-0.4, -0.2) is 0 Å². The van der Waals surface area contributed by atoms with Crippen LogP contribution in [-0.2, 0) is 6.18 Å². The molecule has 0 atom stereocenters. The van der Waals surface area contributed by atoms with Crippen LogP contribution in [0.5, 0.6) is 0 Å². The molecule has 0 aliphatic heterocycles. The van der Waals surface area contributed by atoms with E-state index in [1.54, 1.807) is 12.1 Å². The molecule has 0 spiro atoms. The van der Waals surface area contributed by atoms with E-state index in [0.29, 0.717) is 11.8 Å². The van der Waals surface area contributed by atoms with Gasteiger partial charge in [0.1, 0.15) is 5.82 Å². The van der Waals surface area contributed by atoms with Crippen molar-refractivity contribution in [2.75, 3.05) is 0 Å². The van der Waals surface area contributed by atoms with E-state index in [0.717, 1.165) is 69.1 Å². The molecule has 4 rings (SSSR count). The van der Waals surface area contributed by atoms with E-state index >= 15 is 4.39 Å². The first-order chi connectivity index (χ1) is 17.3. The second kappa shape index (κ2) is 12.5. The SMILES string of the molecule is CCCC1CCC(C=Cc2ccc(C3CCC(C4CCC(CC)CC4)CC3)c(F)c2C(F)(F)F)CC1. The predicted octanol–water partition coefficient (Wildman–Crippen LogP) is 11.0. The zero-order valence-corrected chi connectivity index (χ0v) is 22.4. The molecule has 0 radical (unpaired) electrons. The molecule has 3 fully saturated rings. The average molecular weight is 507 g/mol. The second-order valence-electron chi connectivity index (χ2n) is 12.2. The Morgan fingerprint density at radius 3 is 1.92 bits per heavy atom. The summed E-state index contributed by atoms with van der Waals surface area (Å²) in [5.74, 6) is 2.22. The Hall–Kier alpha value is -1.32. The normalized spacial score (nSPS) is 32.2.